The summed E-state index contributed by atoms with van der Waals surface area (Å²) in [5.74, 6) is 0. The van der Waals surface area contributed by atoms with Crippen molar-refractivity contribution < 1.29 is 13.3 Å². The summed E-state index contributed by atoms with van der Waals surface area (Å²) < 4.78 is 24.5. The maximum absolute atomic E-state index is 12.8. The number of alkyl halides is 2. The van der Waals surface area contributed by atoms with E-state index in [1.165, 1.54) is 0 Å². The highest BCUT2D eigenvalue weighted by Gasteiger charge is 2.57. The van der Waals surface area contributed by atoms with Gasteiger partial charge < -0.3 is 8.85 Å². The normalized spacial score (nSPS) is 15.2. The van der Waals surface area contributed by atoms with Gasteiger partial charge in [-0.1, -0.05) is 106 Å². The maximum atomic E-state index is 12.8. The van der Waals surface area contributed by atoms with Crippen molar-refractivity contribution in [2.45, 2.75) is 93.2 Å². The standard InChI is InChI=1S/C18H36Cl2O3Si/c1-13(2,3)17(19,14(4,5)6)22-24(21)23-18(20,15(7,8)9)16(10,11)12/h1-12H3. The highest BCUT2D eigenvalue weighted by molar-refractivity contribution is 6.34. The molecule has 0 fully saturated rings. The molecule has 0 unspecified atom stereocenters. The molecule has 0 radical (unpaired) electrons. The first-order valence-corrected chi connectivity index (χ1v) is 10.4. The van der Waals surface area contributed by atoms with Gasteiger partial charge in [-0.05, 0) is 0 Å². The van der Waals surface area contributed by atoms with E-state index in [9.17, 15) is 4.46 Å². The predicted octanol–water partition coefficient (Wildman–Crippen LogP) is 6.49. The van der Waals surface area contributed by atoms with Gasteiger partial charge in [0.25, 0.3) is 0 Å². The van der Waals surface area contributed by atoms with Crippen LogP contribution in [0.5, 0.6) is 0 Å². The Balaban J connectivity index is 5.74. The molecule has 0 spiro atoms. The number of rotatable bonds is 4. The first-order valence-electron chi connectivity index (χ1n) is 8.40. The minimum atomic E-state index is -2.95. The molecule has 0 saturated heterocycles. The zero-order chi connectivity index (χ0) is 20.0. The van der Waals surface area contributed by atoms with Gasteiger partial charge in [0.2, 0.25) is 0 Å². The minimum absolute atomic E-state index is 0.449. The van der Waals surface area contributed by atoms with Crippen LogP contribution in [0.25, 0.3) is 0 Å². The molecule has 0 aromatic rings. The molecule has 0 atom stereocenters. The van der Waals surface area contributed by atoms with E-state index in [0.717, 1.165) is 0 Å². The first kappa shape index (κ1) is 24.2. The molecule has 0 aliphatic rings. The van der Waals surface area contributed by atoms with E-state index in [1.54, 1.807) is 0 Å². The average Bonchev–Trinajstić information content (AvgIpc) is 2.21. The zero-order valence-electron chi connectivity index (χ0n) is 17.5. The van der Waals surface area contributed by atoms with E-state index >= 15 is 0 Å². The van der Waals surface area contributed by atoms with Gasteiger partial charge in [-0.2, -0.15) is 0 Å². The summed E-state index contributed by atoms with van der Waals surface area (Å²) in [4.78, 5) is 0. The van der Waals surface area contributed by atoms with E-state index in [4.69, 9.17) is 32.1 Å². The molecule has 0 N–H and O–H groups in total. The summed E-state index contributed by atoms with van der Waals surface area (Å²) >= 11 is 13.6. The highest BCUT2D eigenvalue weighted by atomic mass is 35.5. The van der Waals surface area contributed by atoms with Gasteiger partial charge in [-0.25, -0.2) is 0 Å². The molecule has 0 aliphatic carbocycles. The fraction of sp³-hybridized carbons (Fsp3) is 1.00. The predicted molar refractivity (Wildman–Crippen MR) is 104 cm³/mol. The van der Waals surface area contributed by atoms with Crippen LogP contribution >= 0.6 is 23.2 Å². The van der Waals surface area contributed by atoms with Crippen LogP contribution in [0.2, 0.25) is 0 Å². The lowest BCUT2D eigenvalue weighted by molar-refractivity contribution is -0.107. The Kier molecular flexibility index (Phi) is 6.79. The lowest BCUT2D eigenvalue weighted by Crippen LogP contribution is -2.56. The van der Waals surface area contributed by atoms with Crippen molar-refractivity contribution in [1.82, 2.24) is 0 Å². The van der Waals surface area contributed by atoms with Gasteiger partial charge >= 0.3 is 9.17 Å². The van der Waals surface area contributed by atoms with Crippen LogP contribution < -0.4 is 0 Å². The Bertz CT molecular complexity index is 393. The van der Waals surface area contributed by atoms with Crippen molar-refractivity contribution in [3.05, 3.63) is 0 Å². The van der Waals surface area contributed by atoms with Gasteiger partial charge in [0.1, 0.15) is 0 Å². The largest absolute Gasteiger partial charge is 0.770 e. The summed E-state index contributed by atoms with van der Waals surface area (Å²) in [5.41, 5.74) is -1.80. The van der Waals surface area contributed by atoms with Crippen LogP contribution in [0.3, 0.4) is 0 Å². The third kappa shape index (κ3) is 4.67. The lowest BCUT2D eigenvalue weighted by Gasteiger charge is -2.50. The zero-order valence-corrected chi connectivity index (χ0v) is 20.0. The van der Waals surface area contributed by atoms with E-state index in [0.29, 0.717) is 0 Å². The van der Waals surface area contributed by atoms with Crippen molar-refractivity contribution in [3.63, 3.8) is 0 Å². The van der Waals surface area contributed by atoms with E-state index in [2.05, 4.69) is 0 Å². The molecule has 0 aliphatic heterocycles. The van der Waals surface area contributed by atoms with E-state index in [1.807, 2.05) is 83.1 Å². The highest BCUT2D eigenvalue weighted by Crippen LogP contribution is 2.52. The monoisotopic (exact) mass is 398 g/mol. The number of hydrogen-bond acceptors (Lipinski definition) is 3. The van der Waals surface area contributed by atoms with Crippen LogP contribution in [0, 0.1) is 21.7 Å². The summed E-state index contributed by atoms with van der Waals surface area (Å²) in [6, 6.07) is 0. The van der Waals surface area contributed by atoms with Crippen LogP contribution in [-0.2, 0) is 13.3 Å². The quantitative estimate of drug-likeness (QED) is 0.400. The Morgan fingerprint density at radius 3 is 0.833 bits per heavy atom. The number of hydrogen-bond donors (Lipinski definition) is 0. The molecular weight excluding hydrogens is 363 g/mol. The molecule has 0 aromatic heterocycles. The summed E-state index contributed by atoms with van der Waals surface area (Å²) in [6.07, 6.45) is 0. The first-order chi connectivity index (χ1) is 10.1. The molecule has 0 amide bonds. The van der Waals surface area contributed by atoms with E-state index in [-0.39, 0.29) is 0 Å². The lowest BCUT2D eigenvalue weighted by atomic mass is 9.73. The van der Waals surface area contributed by atoms with E-state index < -0.39 is 41.0 Å². The molecule has 6 heteroatoms. The van der Waals surface area contributed by atoms with Crippen LogP contribution in [0.15, 0.2) is 0 Å². The van der Waals surface area contributed by atoms with Crippen LogP contribution in [0.1, 0.15) is 83.1 Å². The molecule has 0 heterocycles. The SMILES string of the molecule is CC(C)(C)C(Cl)(O[Si](=O)OC(Cl)(C(C)(C)C)C(C)(C)C)C(C)(C)C. The van der Waals surface area contributed by atoms with Crippen LogP contribution in [-0.4, -0.2) is 19.3 Å². The Morgan fingerprint density at radius 1 is 0.542 bits per heavy atom. The van der Waals surface area contributed by atoms with Gasteiger partial charge in [0.15, 0.2) is 10.1 Å². The smallest absolute Gasteiger partial charge is 0.476 e. The Hall–Kier alpha value is 0.197. The molecule has 24 heavy (non-hydrogen) atoms. The van der Waals surface area contributed by atoms with Crippen molar-refractivity contribution in [2.24, 2.45) is 21.7 Å². The Morgan fingerprint density at radius 2 is 0.708 bits per heavy atom. The molecule has 0 bridgehead atoms. The maximum Gasteiger partial charge on any atom is 0.770 e. The summed E-state index contributed by atoms with van der Waals surface area (Å²) in [7, 11) is -2.95. The van der Waals surface area contributed by atoms with Gasteiger partial charge in [0.05, 0.1) is 0 Å². The molecule has 3 nitrogen and oxygen atoms in total. The molecule has 144 valence electrons. The van der Waals surface area contributed by atoms with Gasteiger partial charge in [-0.15, -0.1) is 0 Å². The van der Waals surface area contributed by atoms with Crippen molar-refractivity contribution in [3.8, 4) is 0 Å². The van der Waals surface area contributed by atoms with Crippen molar-refractivity contribution in [2.75, 3.05) is 0 Å². The topological polar surface area (TPSA) is 35.5 Å². The summed E-state index contributed by atoms with van der Waals surface area (Å²) in [5, 5.41) is -2.33. The second kappa shape index (κ2) is 6.73. The average molecular weight is 399 g/mol. The molecule has 0 aromatic carbocycles. The fourth-order valence-electron chi connectivity index (χ4n) is 3.11. The molecular formula is C18H36Cl2O3Si. The van der Waals surface area contributed by atoms with Crippen molar-refractivity contribution in [1.29, 1.82) is 0 Å². The van der Waals surface area contributed by atoms with Gasteiger partial charge in [-0.3, -0.25) is 4.46 Å². The van der Waals surface area contributed by atoms with Crippen LogP contribution in [0.4, 0.5) is 0 Å². The second-order valence-corrected chi connectivity index (χ2v) is 12.6. The fourth-order valence-corrected chi connectivity index (χ4v) is 5.22. The minimum Gasteiger partial charge on any atom is -0.476 e. The number of halogens is 2. The molecule has 0 rings (SSSR count). The van der Waals surface area contributed by atoms with Crippen molar-refractivity contribution >= 4 is 32.4 Å². The third-order valence-electron chi connectivity index (χ3n) is 4.31. The molecule has 0 saturated carbocycles. The Labute approximate surface area is 160 Å². The second-order valence-electron chi connectivity index (χ2n) is 10.6. The summed E-state index contributed by atoms with van der Waals surface area (Å²) in [6.45, 7) is 23.5. The third-order valence-corrected chi connectivity index (χ3v) is 7.93. The van der Waals surface area contributed by atoms with Gasteiger partial charge in [0, 0.05) is 21.7 Å².